The normalized spacial score (nSPS) is 12.2. The molecule has 0 unspecified atom stereocenters. The van der Waals surface area contributed by atoms with E-state index in [-0.39, 0.29) is 0 Å². The molecule has 33 heavy (non-hydrogen) atoms. The first-order chi connectivity index (χ1) is 16.4. The highest BCUT2D eigenvalue weighted by molar-refractivity contribution is 6.26. The maximum Gasteiger partial charge on any atom is 0.159 e. The Balaban J connectivity index is 1.62. The minimum Gasteiger partial charge on any atom is -0.455 e. The largest absolute Gasteiger partial charge is 0.455 e. The number of furan rings is 2. The van der Waals surface area contributed by atoms with E-state index in [2.05, 4.69) is 77.8 Å². The van der Waals surface area contributed by atoms with E-state index in [9.17, 15) is 0 Å². The van der Waals surface area contributed by atoms with Crippen LogP contribution >= 0.6 is 0 Å². The number of fused-ring (bicyclic) bond motifs is 10. The van der Waals surface area contributed by atoms with E-state index in [0.717, 1.165) is 71.4 Å². The molecule has 0 spiro atoms. The predicted octanol–water partition coefficient (Wildman–Crippen LogP) is 8.79. The van der Waals surface area contributed by atoms with Gasteiger partial charge in [0.1, 0.15) is 16.7 Å². The molecule has 0 amide bonds. The van der Waals surface area contributed by atoms with Crippen molar-refractivity contribution in [1.82, 2.24) is 4.98 Å². The van der Waals surface area contributed by atoms with Gasteiger partial charge in [0.25, 0.3) is 0 Å². The van der Waals surface area contributed by atoms with Crippen LogP contribution in [0.2, 0.25) is 0 Å². The van der Waals surface area contributed by atoms with E-state index in [1.807, 2.05) is 24.3 Å². The summed E-state index contributed by atoms with van der Waals surface area (Å²) >= 11 is 0. The van der Waals surface area contributed by atoms with Gasteiger partial charge in [-0.25, -0.2) is 0 Å². The summed E-state index contributed by atoms with van der Waals surface area (Å²) in [7, 11) is 0. The summed E-state index contributed by atoms with van der Waals surface area (Å²) < 4.78 is 12.8. The highest BCUT2D eigenvalue weighted by Gasteiger charge is 2.21. The Kier molecular flexibility index (Phi) is 3.14. The van der Waals surface area contributed by atoms with Crippen LogP contribution in [0.25, 0.3) is 76.8 Å². The number of rotatable bonds is 1. The zero-order valence-electron chi connectivity index (χ0n) is 17.6. The number of aromatic nitrogens is 1. The Morgan fingerprint density at radius 1 is 0.485 bits per heavy atom. The Bertz CT molecular complexity index is 2030. The molecule has 0 aliphatic carbocycles. The molecule has 8 aromatic rings. The number of benzene rings is 5. The molecule has 1 N–H and O–H groups in total. The van der Waals surface area contributed by atoms with Crippen molar-refractivity contribution >= 4 is 65.7 Å². The van der Waals surface area contributed by atoms with Crippen molar-refractivity contribution in [3.8, 4) is 11.1 Å². The molecule has 8 rings (SSSR count). The van der Waals surface area contributed by atoms with Gasteiger partial charge in [0.2, 0.25) is 0 Å². The van der Waals surface area contributed by atoms with Crippen LogP contribution in [0.15, 0.2) is 106 Å². The van der Waals surface area contributed by atoms with Crippen molar-refractivity contribution in [2.45, 2.75) is 0 Å². The van der Waals surface area contributed by atoms with Crippen molar-refractivity contribution in [3.63, 3.8) is 0 Å². The maximum atomic E-state index is 6.42. The van der Waals surface area contributed by atoms with Crippen molar-refractivity contribution in [2.75, 3.05) is 0 Å². The Hall–Kier alpha value is -4.50. The fourth-order valence-corrected chi connectivity index (χ4v) is 5.37. The van der Waals surface area contributed by atoms with E-state index < -0.39 is 0 Å². The third kappa shape index (κ3) is 2.18. The average molecular weight is 423 g/mol. The predicted molar refractivity (Wildman–Crippen MR) is 136 cm³/mol. The number of para-hydroxylation sites is 4. The topological polar surface area (TPSA) is 42.1 Å². The highest BCUT2D eigenvalue weighted by Crippen LogP contribution is 2.45. The van der Waals surface area contributed by atoms with E-state index in [1.165, 1.54) is 5.39 Å². The van der Waals surface area contributed by atoms with Crippen LogP contribution in [0, 0.1) is 0 Å². The second kappa shape index (κ2) is 6.05. The molecule has 0 aliphatic rings. The van der Waals surface area contributed by atoms with Crippen molar-refractivity contribution in [1.29, 1.82) is 0 Å². The fraction of sp³-hybridized carbons (Fsp3) is 0. The van der Waals surface area contributed by atoms with Gasteiger partial charge < -0.3 is 13.8 Å². The number of hydrogen-bond acceptors (Lipinski definition) is 2. The number of aromatic amines is 1. The summed E-state index contributed by atoms with van der Waals surface area (Å²) in [4.78, 5) is 3.64. The third-order valence-corrected chi connectivity index (χ3v) is 6.82. The molecule has 3 heterocycles. The molecular weight excluding hydrogens is 406 g/mol. The molecule has 0 bridgehead atoms. The molecule has 5 aromatic carbocycles. The molecule has 0 fully saturated rings. The quantitative estimate of drug-likeness (QED) is 0.287. The Morgan fingerprint density at radius 3 is 1.94 bits per heavy atom. The zero-order valence-corrected chi connectivity index (χ0v) is 17.6. The summed E-state index contributed by atoms with van der Waals surface area (Å²) in [6, 6.07) is 33.6. The van der Waals surface area contributed by atoms with E-state index >= 15 is 0 Å². The summed E-state index contributed by atoms with van der Waals surface area (Å²) in [5.41, 5.74) is 7.96. The lowest BCUT2D eigenvalue weighted by atomic mass is 9.95. The fourth-order valence-electron chi connectivity index (χ4n) is 5.37. The summed E-state index contributed by atoms with van der Waals surface area (Å²) in [5.74, 6) is 0. The van der Waals surface area contributed by atoms with Gasteiger partial charge in [-0.3, -0.25) is 0 Å². The summed E-state index contributed by atoms with van der Waals surface area (Å²) in [5, 5.41) is 6.83. The van der Waals surface area contributed by atoms with Gasteiger partial charge in [-0.15, -0.1) is 0 Å². The first-order valence-corrected chi connectivity index (χ1v) is 11.1. The van der Waals surface area contributed by atoms with Crippen LogP contribution in [-0.2, 0) is 0 Å². The smallest absolute Gasteiger partial charge is 0.159 e. The van der Waals surface area contributed by atoms with Gasteiger partial charge in [-0.2, -0.15) is 0 Å². The second-order valence-corrected chi connectivity index (χ2v) is 8.60. The second-order valence-electron chi connectivity index (χ2n) is 8.60. The van der Waals surface area contributed by atoms with Crippen LogP contribution in [0.3, 0.4) is 0 Å². The maximum absolute atomic E-state index is 6.42. The number of hydrogen-bond donors (Lipinski definition) is 1. The molecule has 0 saturated heterocycles. The number of H-pyrrole nitrogens is 1. The minimum atomic E-state index is 0.892. The van der Waals surface area contributed by atoms with Crippen molar-refractivity contribution in [3.05, 3.63) is 97.1 Å². The van der Waals surface area contributed by atoms with Gasteiger partial charge in [-0.05, 0) is 29.8 Å². The monoisotopic (exact) mass is 423 g/mol. The molecule has 0 radical (unpaired) electrons. The van der Waals surface area contributed by atoms with E-state index in [4.69, 9.17) is 8.83 Å². The van der Waals surface area contributed by atoms with E-state index in [1.54, 1.807) is 0 Å². The van der Waals surface area contributed by atoms with Gasteiger partial charge in [0.05, 0.1) is 5.52 Å². The third-order valence-electron chi connectivity index (χ3n) is 6.82. The Labute approximate surface area is 187 Å². The van der Waals surface area contributed by atoms with Crippen molar-refractivity contribution in [2.24, 2.45) is 0 Å². The van der Waals surface area contributed by atoms with Gasteiger partial charge in [0, 0.05) is 43.4 Å². The molecular formula is C30H17NO2. The highest BCUT2D eigenvalue weighted by atomic mass is 16.3. The van der Waals surface area contributed by atoms with Crippen LogP contribution in [0.5, 0.6) is 0 Å². The molecule has 3 heteroatoms. The lowest BCUT2D eigenvalue weighted by Crippen LogP contribution is -1.82. The molecule has 154 valence electrons. The van der Waals surface area contributed by atoms with Gasteiger partial charge in [-0.1, -0.05) is 72.8 Å². The molecule has 0 saturated carbocycles. The van der Waals surface area contributed by atoms with Crippen molar-refractivity contribution < 1.29 is 8.83 Å². The molecule has 0 aliphatic heterocycles. The molecule has 3 aromatic heterocycles. The minimum absolute atomic E-state index is 0.892. The van der Waals surface area contributed by atoms with E-state index in [0.29, 0.717) is 0 Å². The first-order valence-electron chi connectivity index (χ1n) is 11.1. The number of nitrogens with one attached hydrogen (secondary N) is 1. The van der Waals surface area contributed by atoms with Gasteiger partial charge >= 0.3 is 0 Å². The SMILES string of the molecule is c1ccc2c(c1)[nH]c1c3oc4ccccc4c3cc(-c3cccc4c3oc3ccccc34)c21. The zero-order chi connectivity index (χ0) is 21.5. The lowest BCUT2D eigenvalue weighted by molar-refractivity contribution is 0.669. The van der Waals surface area contributed by atoms with Crippen LogP contribution < -0.4 is 0 Å². The molecule has 0 atom stereocenters. The summed E-state index contributed by atoms with van der Waals surface area (Å²) in [6.07, 6.45) is 0. The summed E-state index contributed by atoms with van der Waals surface area (Å²) in [6.45, 7) is 0. The standard InChI is InChI=1S/C30H17NO2/c1-4-13-24-21(10-1)27-22(16-23-18-9-3-6-15-26(18)33-30(23)28(27)31-24)20-12-7-11-19-17-8-2-5-14-25(17)32-29(19)20/h1-16,31H. The lowest BCUT2D eigenvalue weighted by Gasteiger charge is -2.07. The van der Waals surface area contributed by atoms with Crippen LogP contribution in [-0.4, -0.2) is 4.98 Å². The van der Waals surface area contributed by atoms with Gasteiger partial charge in [0.15, 0.2) is 5.58 Å². The van der Waals surface area contributed by atoms with Crippen LogP contribution in [0.1, 0.15) is 0 Å². The Morgan fingerprint density at radius 2 is 1.12 bits per heavy atom. The first kappa shape index (κ1) is 17.1. The molecule has 3 nitrogen and oxygen atoms in total. The average Bonchev–Trinajstić information content (AvgIpc) is 3.54. The van der Waals surface area contributed by atoms with Crippen LogP contribution in [0.4, 0.5) is 0 Å².